The summed E-state index contributed by atoms with van der Waals surface area (Å²) >= 11 is 0. The monoisotopic (exact) mass is 204 g/mol. The van der Waals surface area contributed by atoms with E-state index in [1.54, 1.807) is 6.26 Å². The zero-order chi connectivity index (χ0) is 10.4. The average Bonchev–Trinajstić information content (AvgIpc) is 2.61. The molecule has 80 valence electrons. The number of ketones is 1. The highest BCUT2D eigenvalue weighted by atomic mass is 16.3. The van der Waals surface area contributed by atoms with Crippen LogP contribution >= 0.6 is 0 Å². The van der Waals surface area contributed by atoms with E-state index in [4.69, 9.17) is 4.42 Å². The van der Waals surface area contributed by atoms with Crippen molar-refractivity contribution < 1.29 is 9.21 Å². The average molecular weight is 204 g/mol. The van der Waals surface area contributed by atoms with Gasteiger partial charge < -0.3 is 4.42 Å². The molecule has 0 amide bonds. The van der Waals surface area contributed by atoms with Gasteiger partial charge in [-0.05, 0) is 31.2 Å². The Morgan fingerprint density at radius 1 is 1.33 bits per heavy atom. The van der Waals surface area contributed by atoms with E-state index in [-0.39, 0.29) is 0 Å². The maximum atomic E-state index is 12.3. The van der Waals surface area contributed by atoms with Crippen molar-refractivity contribution in [3.63, 3.8) is 0 Å². The van der Waals surface area contributed by atoms with E-state index in [0.717, 1.165) is 29.7 Å². The van der Waals surface area contributed by atoms with Crippen LogP contribution in [-0.4, -0.2) is 5.78 Å². The van der Waals surface area contributed by atoms with Crippen molar-refractivity contribution in [3.05, 3.63) is 23.2 Å². The van der Waals surface area contributed by atoms with Gasteiger partial charge in [-0.1, -0.05) is 12.8 Å². The van der Waals surface area contributed by atoms with Gasteiger partial charge in [-0.2, -0.15) is 0 Å². The first kappa shape index (κ1) is 9.20. The third-order valence-corrected chi connectivity index (χ3v) is 3.99. The van der Waals surface area contributed by atoms with Gasteiger partial charge in [0.1, 0.15) is 5.76 Å². The normalized spacial score (nSPS) is 29.8. The van der Waals surface area contributed by atoms with E-state index in [1.165, 1.54) is 19.3 Å². The highest BCUT2D eigenvalue weighted by Gasteiger charge is 2.39. The van der Waals surface area contributed by atoms with Crippen molar-refractivity contribution in [1.82, 2.24) is 0 Å². The lowest BCUT2D eigenvalue weighted by Gasteiger charge is -2.33. The maximum Gasteiger partial charge on any atom is 0.170 e. The molecule has 1 aromatic heterocycles. The summed E-state index contributed by atoms with van der Waals surface area (Å²) in [5.41, 5.74) is 1.93. The van der Waals surface area contributed by atoms with Crippen molar-refractivity contribution in [2.45, 2.75) is 39.0 Å². The van der Waals surface area contributed by atoms with Crippen LogP contribution in [-0.2, 0) is 6.42 Å². The molecular weight excluding hydrogens is 188 g/mol. The van der Waals surface area contributed by atoms with Gasteiger partial charge in [-0.15, -0.1) is 0 Å². The molecule has 3 rings (SSSR count). The molecule has 2 aliphatic carbocycles. The molecule has 0 aliphatic heterocycles. The molecule has 1 fully saturated rings. The lowest BCUT2D eigenvalue weighted by molar-refractivity contribution is 0.0789. The van der Waals surface area contributed by atoms with Crippen LogP contribution in [0.15, 0.2) is 10.7 Å². The van der Waals surface area contributed by atoms with Crippen molar-refractivity contribution >= 4 is 5.78 Å². The van der Waals surface area contributed by atoms with Crippen molar-refractivity contribution in [2.75, 3.05) is 0 Å². The predicted octanol–water partition coefficient (Wildman–Crippen LogP) is 3.13. The zero-order valence-corrected chi connectivity index (χ0v) is 9.08. The predicted molar refractivity (Wildman–Crippen MR) is 56.9 cm³/mol. The van der Waals surface area contributed by atoms with E-state index in [1.807, 2.05) is 6.92 Å². The number of hydrogen-bond acceptors (Lipinski definition) is 2. The molecule has 0 saturated heterocycles. The van der Waals surface area contributed by atoms with Crippen LogP contribution < -0.4 is 0 Å². The summed E-state index contributed by atoms with van der Waals surface area (Å²) < 4.78 is 5.49. The topological polar surface area (TPSA) is 30.2 Å². The summed E-state index contributed by atoms with van der Waals surface area (Å²) in [5, 5.41) is 0. The molecule has 1 heterocycles. The van der Waals surface area contributed by atoms with Crippen molar-refractivity contribution in [2.24, 2.45) is 11.8 Å². The number of carbonyl (C=O) groups excluding carboxylic acids is 1. The summed E-state index contributed by atoms with van der Waals surface area (Å²) in [6, 6.07) is 0. The lowest BCUT2D eigenvalue weighted by Crippen LogP contribution is -2.33. The summed E-state index contributed by atoms with van der Waals surface area (Å²) in [7, 11) is 0. The Labute approximate surface area is 89.7 Å². The molecule has 1 aromatic rings. The van der Waals surface area contributed by atoms with Crippen LogP contribution in [0, 0.1) is 18.8 Å². The quantitative estimate of drug-likeness (QED) is 0.650. The lowest BCUT2D eigenvalue weighted by atomic mass is 9.69. The first-order valence-electron chi connectivity index (χ1n) is 5.88. The Hall–Kier alpha value is -1.05. The van der Waals surface area contributed by atoms with Crippen molar-refractivity contribution in [3.8, 4) is 0 Å². The second kappa shape index (κ2) is 3.22. The molecule has 0 bridgehead atoms. The van der Waals surface area contributed by atoms with Crippen LogP contribution in [0.25, 0.3) is 0 Å². The Kier molecular flexibility index (Phi) is 1.98. The molecule has 2 heteroatoms. The summed E-state index contributed by atoms with van der Waals surface area (Å²) in [4.78, 5) is 12.3. The standard InChI is InChI=1S/C13H16O2/c1-8-7-15-11-6-9-4-2-3-5-10(9)13(14)12(8)11/h7,9-10H,2-6H2,1H3/t9-,10?/m1/s1. The first-order valence-corrected chi connectivity index (χ1v) is 5.88. The van der Waals surface area contributed by atoms with Gasteiger partial charge >= 0.3 is 0 Å². The van der Waals surface area contributed by atoms with Crippen molar-refractivity contribution in [1.29, 1.82) is 0 Å². The molecule has 2 atom stereocenters. The number of carbonyl (C=O) groups is 1. The molecule has 0 spiro atoms. The third-order valence-electron chi connectivity index (χ3n) is 3.99. The maximum absolute atomic E-state index is 12.3. The van der Waals surface area contributed by atoms with Gasteiger partial charge in [0, 0.05) is 12.3 Å². The minimum atomic E-state index is 0.294. The van der Waals surface area contributed by atoms with E-state index < -0.39 is 0 Å². The molecule has 0 N–H and O–H groups in total. The highest BCUT2D eigenvalue weighted by Crippen LogP contribution is 2.40. The zero-order valence-electron chi connectivity index (χ0n) is 9.08. The number of aryl methyl sites for hydroxylation is 1. The van der Waals surface area contributed by atoms with Crippen LogP contribution in [0.4, 0.5) is 0 Å². The summed E-state index contributed by atoms with van der Waals surface area (Å²) in [6.45, 7) is 1.98. The second-order valence-corrected chi connectivity index (χ2v) is 4.94. The first-order chi connectivity index (χ1) is 7.27. The van der Waals surface area contributed by atoms with E-state index in [2.05, 4.69) is 0 Å². The van der Waals surface area contributed by atoms with E-state index in [0.29, 0.717) is 17.6 Å². The minimum Gasteiger partial charge on any atom is -0.468 e. The molecular formula is C13H16O2. The van der Waals surface area contributed by atoms with Gasteiger partial charge in [0.2, 0.25) is 0 Å². The molecule has 2 nitrogen and oxygen atoms in total. The van der Waals surface area contributed by atoms with E-state index in [9.17, 15) is 4.79 Å². The van der Waals surface area contributed by atoms with Crippen LogP contribution in [0.1, 0.15) is 47.4 Å². The smallest absolute Gasteiger partial charge is 0.170 e. The molecule has 15 heavy (non-hydrogen) atoms. The van der Waals surface area contributed by atoms with Gasteiger partial charge in [-0.25, -0.2) is 0 Å². The Bertz CT molecular complexity index is 403. The molecule has 0 radical (unpaired) electrons. The summed E-state index contributed by atoms with van der Waals surface area (Å²) in [6.07, 6.45) is 7.52. The van der Waals surface area contributed by atoms with Gasteiger partial charge in [-0.3, -0.25) is 4.79 Å². The van der Waals surface area contributed by atoms with E-state index >= 15 is 0 Å². The molecule has 2 aliphatic rings. The number of Topliss-reactive ketones (excluding diaryl/α,β-unsaturated/α-hetero) is 1. The number of furan rings is 1. The SMILES string of the molecule is Cc1coc2c1C(=O)C1CCCC[C@@H]1C2. The highest BCUT2D eigenvalue weighted by molar-refractivity contribution is 6.01. The Morgan fingerprint density at radius 2 is 2.13 bits per heavy atom. The fourth-order valence-corrected chi connectivity index (χ4v) is 3.20. The Morgan fingerprint density at radius 3 is 3.00 bits per heavy atom. The second-order valence-electron chi connectivity index (χ2n) is 4.94. The minimum absolute atomic E-state index is 0.294. The molecule has 0 aromatic carbocycles. The number of hydrogen-bond donors (Lipinski definition) is 0. The fraction of sp³-hybridized carbons (Fsp3) is 0.615. The van der Waals surface area contributed by atoms with Crippen LogP contribution in [0.3, 0.4) is 0 Å². The Balaban J connectivity index is 2.04. The van der Waals surface area contributed by atoms with Crippen LogP contribution in [0.5, 0.6) is 0 Å². The third kappa shape index (κ3) is 1.27. The summed E-state index contributed by atoms with van der Waals surface area (Å²) in [5.74, 6) is 2.15. The van der Waals surface area contributed by atoms with Gasteiger partial charge in [0.25, 0.3) is 0 Å². The largest absolute Gasteiger partial charge is 0.468 e. The fourth-order valence-electron chi connectivity index (χ4n) is 3.20. The van der Waals surface area contributed by atoms with Gasteiger partial charge in [0.15, 0.2) is 5.78 Å². The molecule has 1 saturated carbocycles. The number of fused-ring (bicyclic) bond motifs is 2. The number of rotatable bonds is 0. The molecule has 1 unspecified atom stereocenters. The van der Waals surface area contributed by atoms with Gasteiger partial charge in [0.05, 0.1) is 11.8 Å². The van der Waals surface area contributed by atoms with Crippen LogP contribution in [0.2, 0.25) is 0 Å².